The Morgan fingerprint density at radius 1 is 1.19 bits per heavy atom. The van der Waals surface area contributed by atoms with E-state index in [1.54, 1.807) is 6.33 Å². The Morgan fingerprint density at radius 3 is 3.00 bits per heavy atom. The van der Waals surface area contributed by atoms with Gasteiger partial charge >= 0.3 is 0 Å². The third-order valence-corrected chi connectivity index (χ3v) is 3.89. The Hall–Kier alpha value is -2.47. The zero-order valence-corrected chi connectivity index (χ0v) is 11.5. The number of aliphatic hydroxyl groups is 1. The van der Waals surface area contributed by atoms with Crippen molar-refractivity contribution in [3.63, 3.8) is 0 Å². The molecule has 1 aliphatic heterocycles. The minimum Gasteiger partial charge on any atom is -0.392 e. The van der Waals surface area contributed by atoms with Gasteiger partial charge in [-0.05, 0) is 12.1 Å². The molecule has 0 saturated heterocycles. The fraction of sp³-hybridized carbons (Fsp3) is 0.267. The van der Waals surface area contributed by atoms with Crippen LogP contribution in [0.25, 0.3) is 10.9 Å². The Kier molecular flexibility index (Phi) is 2.82. The molecule has 21 heavy (non-hydrogen) atoms. The summed E-state index contributed by atoms with van der Waals surface area (Å²) < 4.78 is 2.05. The van der Waals surface area contributed by atoms with Gasteiger partial charge in [0.2, 0.25) is 0 Å². The van der Waals surface area contributed by atoms with Crippen LogP contribution in [0.1, 0.15) is 11.4 Å². The van der Waals surface area contributed by atoms with Gasteiger partial charge in [0.1, 0.15) is 12.1 Å². The summed E-state index contributed by atoms with van der Waals surface area (Å²) >= 11 is 0. The molecule has 6 nitrogen and oxygen atoms in total. The van der Waals surface area contributed by atoms with E-state index in [4.69, 9.17) is 4.98 Å². The molecule has 0 atom stereocenters. The molecule has 0 aliphatic carbocycles. The van der Waals surface area contributed by atoms with E-state index < -0.39 is 0 Å². The van der Waals surface area contributed by atoms with Crippen LogP contribution < -0.4 is 4.90 Å². The number of benzene rings is 1. The molecule has 1 N–H and O–H groups in total. The molecule has 0 spiro atoms. The smallest absolute Gasteiger partial charge is 0.152 e. The standard InChI is InChI=1S/C15H15N5O/c21-9-12-7-11-3-1-2-4-13(11)17-15(12)19-5-6-20-10-16-18-14(20)8-19/h1-4,7,10,21H,5-6,8-9H2. The highest BCUT2D eigenvalue weighted by Crippen LogP contribution is 2.26. The number of hydrogen-bond donors (Lipinski definition) is 1. The van der Waals surface area contributed by atoms with Crippen molar-refractivity contribution in [3.05, 3.63) is 48.0 Å². The molecule has 0 fully saturated rings. The van der Waals surface area contributed by atoms with Crippen LogP contribution in [0.4, 0.5) is 5.82 Å². The fourth-order valence-electron chi connectivity index (χ4n) is 2.79. The van der Waals surface area contributed by atoms with Crippen LogP contribution >= 0.6 is 0 Å². The van der Waals surface area contributed by atoms with E-state index in [0.717, 1.165) is 41.2 Å². The zero-order valence-electron chi connectivity index (χ0n) is 11.5. The maximum atomic E-state index is 9.66. The number of pyridine rings is 1. The summed E-state index contributed by atoms with van der Waals surface area (Å²) in [6, 6.07) is 9.97. The van der Waals surface area contributed by atoms with Crippen molar-refractivity contribution in [1.29, 1.82) is 0 Å². The molecule has 1 aromatic carbocycles. The summed E-state index contributed by atoms with van der Waals surface area (Å²) in [6.07, 6.45) is 1.76. The van der Waals surface area contributed by atoms with E-state index >= 15 is 0 Å². The lowest BCUT2D eigenvalue weighted by molar-refractivity contribution is 0.281. The van der Waals surface area contributed by atoms with Gasteiger partial charge < -0.3 is 14.6 Å². The molecule has 3 aromatic rings. The lowest BCUT2D eigenvalue weighted by Gasteiger charge is -2.29. The van der Waals surface area contributed by atoms with Gasteiger partial charge in [0.15, 0.2) is 5.82 Å². The summed E-state index contributed by atoms with van der Waals surface area (Å²) in [5.41, 5.74) is 1.79. The monoisotopic (exact) mass is 281 g/mol. The average molecular weight is 281 g/mol. The lowest BCUT2D eigenvalue weighted by atomic mass is 10.1. The van der Waals surface area contributed by atoms with Crippen molar-refractivity contribution in [2.24, 2.45) is 0 Å². The van der Waals surface area contributed by atoms with Gasteiger partial charge in [0, 0.05) is 24.0 Å². The fourth-order valence-corrected chi connectivity index (χ4v) is 2.79. The van der Waals surface area contributed by atoms with Crippen LogP contribution in [-0.2, 0) is 19.7 Å². The maximum absolute atomic E-state index is 9.66. The van der Waals surface area contributed by atoms with Crippen LogP contribution in [0.3, 0.4) is 0 Å². The molecule has 0 bridgehead atoms. The first-order chi connectivity index (χ1) is 10.3. The molecule has 3 heterocycles. The summed E-state index contributed by atoms with van der Waals surface area (Å²) in [4.78, 5) is 6.89. The number of hydrogen-bond acceptors (Lipinski definition) is 5. The Balaban J connectivity index is 1.79. The van der Waals surface area contributed by atoms with Gasteiger partial charge in [0.25, 0.3) is 0 Å². The highest BCUT2D eigenvalue weighted by atomic mass is 16.3. The second-order valence-corrected chi connectivity index (χ2v) is 5.18. The van der Waals surface area contributed by atoms with Crippen LogP contribution in [0.2, 0.25) is 0 Å². The number of rotatable bonds is 2. The number of aromatic nitrogens is 4. The van der Waals surface area contributed by atoms with Crippen molar-refractivity contribution in [2.45, 2.75) is 19.7 Å². The third kappa shape index (κ3) is 2.04. The second-order valence-electron chi connectivity index (χ2n) is 5.18. The highest BCUT2D eigenvalue weighted by molar-refractivity contribution is 5.81. The number of fused-ring (bicyclic) bond motifs is 2. The van der Waals surface area contributed by atoms with Crippen molar-refractivity contribution in [1.82, 2.24) is 19.7 Å². The van der Waals surface area contributed by atoms with Crippen LogP contribution in [0, 0.1) is 0 Å². The second kappa shape index (κ2) is 4.82. The number of para-hydroxylation sites is 1. The first-order valence-corrected chi connectivity index (χ1v) is 6.96. The quantitative estimate of drug-likeness (QED) is 0.767. The number of nitrogens with zero attached hydrogens (tertiary/aromatic N) is 5. The van der Waals surface area contributed by atoms with Gasteiger partial charge in [0.05, 0.1) is 18.7 Å². The van der Waals surface area contributed by atoms with Crippen molar-refractivity contribution < 1.29 is 5.11 Å². The van der Waals surface area contributed by atoms with Gasteiger partial charge in [-0.25, -0.2) is 4.98 Å². The van der Waals surface area contributed by atoms with Crippen molar-refractivity contribution in [2.75, 3.05) is 11.4 Å². The first kappa shape index (κ1) is 12.3. The van der Waals surface area contributed by atoms with E-state index in [0.29, 0.717) is 6.54 Å². The SMILES string of the molecule is OCc1cc2ccccc2nc1N1CCn2cnnc2C1. The predicted octanol–water partition coefficient (Wildman–Crippen LogP) is 1.34. The van der Waals surface area contributed by atoms with Gasteiger partial charge in [-0.15, -0.1) is 10.2 Å². The van der Waals surface area contributed by atoms with Gasteiger partial charge in [-0.1, -0.05) is 18.2 Å². The molecule has 0 saturated carbocycles. The predicted molar refractivity (Wildman–Crippen MR) is 78.7 cm³/mol. The molecule has 1 aliphatic rings. The van der Waals surface area contributed by atoms with Crippen molar-refractivity contribution >= 4 is 16.7 Å². The van der Waals surface area contributed by atoms with E-state index in [1.807, 2.05) is 30.3 Å². The van der Waals surface area contributed by atoms with Crippen molar-refractivity contribution in [3.8, 4) is 0 Å². The van der Waals surface area contributed by atoms with Crippen LogP contribution in [0.5, 0.6) is 0 Å². The lowest BCUT2D eigenvalue weighted by Crippen LogP contribution is -2.34. The normalized spacial score (nSPS) is 14.4. The highest BCUT2D eigenvalue weighted by Gasteiger charge is 2.21. The third-order valence-electron chi connectivity index (χ3n) is 3.89. The largest absolute Gasteiger partial charge is 0.392 e. The van der Waals surface area contributed by atoms with Gasteiger partial charge in [-0.3, -0.25) is 0 Å². The van der Waals surface area contributed by atoms with Crippen LogP contribution in [0.15, 0.2) is 36.7 Å². The molecule has 106 valence electrons. The minimum absolute atomic E-state index is 0.0175. The Labute approximate surface area is 121 Å². The molecular weight excluding hydrogens is 266 g/mol. The minimum atomic E-state index is -0.0175. The van der Waals surface area contributed by atoms with E-state index in [-0.39, 0.29) is 6.61 Å². The Bertz CT molecular complexity index is 798. The summed E-state index contributed by atoms with van der Waals surface area (Å²) in [7, 11) is 0. The van der Waals surface area contributed by atoms with E-state index in [1.165, 1.54) is 0 Å². The number of aliphatic hydroxyl groups excluding tert-OH is 1. The first-order valence-electron chi connectivity index (χ1n) is 6.96. The molecule has 2 aromatic heterocycles. The maximum Gasteiger partial charge on any atom is 0.152 e. The summed E-state index contributed by atoms with van der Waals surface area (Å²) in [5, 5.41) is 18.8. The zero-order chi connectivity index (χ0) is 14.2. The van der Waals surface area contributed by atoms with E-state index in [2.05, 4.69) is 19.7 Å². The molecule has 0 radical (unpaired) electrons. The molecular formula is C15H15N5O. The molecule has 0 amide bonds. The van der Waals surface area contributed by atoms with Crippen LogP contribution in [-0.4, -0.2) is 31.4 Å². The van der Waals surface area contributed by atoms with E-state index in [9.17, 15) is 5.11 Å². The van der Waals surface area contributed by atoms with Gasteiger partial charge in [-0.2, -0.15) is 0 Å². The Morgan fingerprint density at radius 2 is 2.10 bits per heavy atom. The molecule has 6 heteroatoms. The number of anilines is 1. The average Bonchev–Trinajstić information content (AvgIpc) is 3.01. The summed E-state index contributed by atoms with van der Waals surface area (Å²) in [6.45, 7) is 2.32. The topological polar surface area (TPSA) is 67.1 Å². The summed E-state index contributed by atoms with van der Waals surface area (Å²) in [5.74, 6) is 1.77. The molecule has 0 unspecified atom stereocenters. The molecule has 4 rings (SSSR count).